The van der Waals surface area contributed by atoms with Crippen LogP contribution in [0, 0.1) is 0 Å². The Morgan fingerprint density at radius 1 is 1.13 bits per heavy atom. The van der Waals surface area contributed by atoms with Gasteiger partial charge in [-0.25, -0.2) is 4.79 Å². The van der Waals surface area contributed by atoms with Crippen LogP contribution in [0.25, 0.3) is 6.08 Å². The van der Waals surface area contributed by atoms with E-state index in [1.54, 1.807) is 34.4 Å². The van der Waals surface area contributed by atoms with Gasteiger partial charge in [0, 0.05) is 17.8 Å². The number of carbonyl (C=O) groups is 3. The van der Waals surface area contributed by atoms with Crippen LogP contribution in [0.15, 0.2) is 46.7 Å². The van der Waals surface area contributed by atoms with E-state index in [0.29, 0.717) is 27.9 Å². The van der Waals surface area contributed by atoms with Crippen molar-refractivity contribution >= 4 is 69.2 Å². The molecule has 0 bridgehead atoms. The van der Waals surface area contributed by atoms with Gasteiger partial charge in [-0.2, -0.15) is 0 Å². The average Bonchev–Trinajstić information content (AvgIpc) is 3.31. The van der Waals surface area contributed by atoms with Gasteiger partial charge in [-0.1, -0.05) is 48.6 Å². The minimum Gasteiger partial charge on any atom is -0.478 e. The molecule has 1 aromatic heterocycles. The molecule has 1 aromatic carbocycles. The summed E-state index contributed by atoms with van der Waals surface area (Å²) in [6, 6.07) is 10.2. The van der Waals surface area contributed by atoms with E-state index in [0.717, 1.165) is 17.7 Å². The van der Waals surface area contributed by atoms with E-state index in [2.05, 4.69) is 5.32 Å². The highest BCUT2D eigenvalue weighted by molar-refractivity contribution is 8.26. The van der Waals surface area contributed by atoms with Crippen molar-refractivity contribution in [2.24, 2.45) is 0 Å². The standard InChI is InChI=1S/C21H20N2O4S3/c24-18(22-16-9-4-3-8-15(16)20(26)27)10-2-1-5-11-23-19(25)17(30-21(23)28)13-14-7-6-12-29-14/h3-4,6-9,12-13H,1-2,5,10-11H2,(H,22,24)(H,26,27)/b17-13+. The van der Waals surface area contributed by atoms with Crippen molar-refractivity contribution in [2.75, 3.05) is 11.9 Å². The first kappa shape index (κ1) is 22.2. The molecule has 6 nitrogen and oxygen atoms in total. The van der Waals surface area contributed by atoms with Crippen LogP contribution in [0.3, 0.4) is 0 Å². The molecule has 1 fully saturated rings. The number of benzene rings is 1. The Hall–Kier alpha value is -2.49. The maximum Gasteiger partial charge on any atom is 0.337 e. The van der Waals surface area contributed by atoms with Gasteiger partial charge in [0.15, 0.2) is 0 Å². The summed E-state index contributed by atoms with van der Waals surface area (Å²) in [5, 5.41) is 13.8. The second-order valence-electron chi connectivity index (χ2n) is 6.56. The van der Waals surface area contributed by atoms with Crippen molar-refractivity contribution in [3.63, 3.8) is 0 Å². The van der Waals surface area contributed by atoms with Gasteiger partial charge in [-0.15, -0.1) is 11.3 Å². The minimum atomic E-state index is -1.08. The highest BCUT2D eigenvalue weighted by Gasteiger charge is 2.31. The number of thioether (sulfide) groups is 1. The predicted octanol–water partition coefficient (Wildman–Crippen LogP) is 4.85. The summed E-state index contributed by atoms with van der Waals surface area (Å²) >= 11 is 8.22. The van der Waals surface area contributed by atoms with Gasteiger partial charge in [-0.3, -0.25) is 14.5 Å². The van der Waals surface area contributed by atoms with Crippen molar-refractivity contribution in [1.29, 1.82) is 0 Å². The number of para-hydroxylation sites is 1. The molecule has 2 heterocycles. The molecule has 0 atom stereocenters. The van der Waals surface area contributed by atoms with Crippen LogP contribution in [-0.2, 0) is 9.59 Å². The smallest absolute Gasteiger partial charge is 0.337 e. The first-order valence-corrected chi connectivity index (χ1v) is 11.5. The molecule has 9 heteroatoms. The number of aromatic carboxylic acids is 1. The third kappa shape index (κ3) is 5.78. The Morgan fingerprint density at radius 3 is 2.67 bits per heavy atom. The van der Waals surface area contributed by atoms with E-state index in [1.165, 1.54) is 17.8 Å². The third-order valence-corrected chi connectivity index (χ3v) is 6.60. The predicted molar refractivity (Wildman–Crippen MR) is 125 cm³/mol. The molecular formula is C21H20N2O4S3. The molecule has 3 rings (SSSR count). The van der Waals surface area contributed by atoms with E-state index >= 15 is 0 Å². The van der Waals surface area contributed by atoms with Gasteiger partial charge in [0.25, 0.3) is 5.91 Å². The number of nitrogens with one attached hydrogen (secondary N) is 1. The van der Waals surface area contributed by atoms with Crippen molar-refractivity contribution in [3.8, 4) is 0 Å². The Kier molecular flexibility index (Phi) is 7.78. The molecule has 0 spiro atoms. The monoisotopic (exact) mass is 460 g/mol. The molecule has 2 amide bonds. The number of unbranched alkanes of at least 4 members (excludes halogenated alkanes) is 2. The fraction of sp³-hybridized carbons (Fsp3) is 0.238. The summed E-state index contributed by atoms with van der Waals surface area (Å²) in [6.45, 7) is 0.524. The van der Waals surface area contributed by atoms with Crippen LogP contribution >= 0.6 is 35.3 Å². The Labute approximate surface area is 188 Å². The second kappa shape index (κ2) is 10.5. The van der Waals surface area contributed by atoms with Crippen LogP contribution in [0.2, 0.25) is 0 Å². The molecule has 0 unspecified atom stereocenters. The zero-order valence-corrected chi connectivity index (χ0v) is 18.4. The molecule has 0 aliphatic carbocycles. The fourth-order valence-corrected chi connectivity index (χ4v) is 4.95. The maximum absolute atomic E-state index is 12.5. The lowest BCUT2D eigenvalue weighted by Gasteiger charge is -2.14. The van der Waals surface area contributed by atoms with E-state index in [9.17, 15) is 14.4 Å². The molecule has 1 saturated heterocycles. The van der Waals surface area contributed by atoms with E-state index in [1.807, 2.05) is 23.6 Å². The summed E-state index contributed by atoms with van der Waals surface area (Å²) in [5.74, 6) is -1.38. The first-order chi connectivity index (χ1) is 14.5. The fourth-order valence-electron chi connectivity index (χ4n) is 2.92. The van der Waals surface area contributed by atoms with Crippen LogP contribution < -0.4 is 5.32 Å². The molecule has 156 valence electrons. The van der Waals surface area contributed by atoms with Crippen LogP contribution in [-0.4, -0.2) is 38.7 Å². The average molecular weight is 461 g/mol. The van der Waals surface area contributed by atoms with Crippen molar-refractivity contribution in [3.05, 3.63) is 57.1 Å². The number of carboxylic acid groups (broad SMARTS) is 1. The van der Waals surface area contributed by atoms with Gasteiger partial charge in [0.1, 0.15) is 4.32 Å². The normalized spacial score (nSPS) is 15.1. The van der Waals surface area contributed by atoms with E-state index in [4.69, 9.17) is 17.3 Å². The molecule has 2 N–H and O–H groups in total. The van der Waals surface area contributed by atoms with Crippen LogP contribution in [0.5, 0.6) is 0 Å². The van der Waals surface area contributed by atoms with E-state index < -0.39 is 5.97 Å². The maximum atomic E-state index is 12.5. The molecule has 1 aliphatic rings. The number of amides is 2. The number of anilines is 1. The quantitative estimate of drug-likeness (QED) is 0.316. The summed E-state index contributed by atoms with van der Waals surface area (Å²) in [5.41, 5.74) is 0.362. The summed E-state index contributed by atoms with van der Waals surface area (Å²) in [4.78, 5) is 39.1. The third-order valence-electron chi connectivity index (χ3n) is 4.41. The Morgan fingerprint density at radius 2 is 1.93 bits per heavy atom. The SMILES string of the molecule is O=C(CCCCCN1C(=O)/C(=C\c2cccs2)SC1=S)Nc1ccccc1C(=O)O. The number of hydrogen-bond donors (Lipinski definition) is 2. The Balaban J connectivity index is 1.41. The van der Waals surface area contributed by atoms with Gasteiger partial charge < -0.3 is 10.4 Å². The lowest BCUT2D eigenvalue weighted by Crippen LogP contribution is -2.29. The second-order valence-corrected chi connectivity index (χ2v) is 9.21. The first-order valence-electron chi connectivity index (χ1n) is 9.37. The summed E-state index contributed by atoms with van der Waals surface area (Å²) in [7, 11) is 0. The highest BCUT2D eigenvalue weighted by atomic mass is 32.2. The lowest BCUT2D eigenvalue weighted by atomic mass is 10.1. The number of nitrogens with zero attached hydrogens (tertiary/aromatic N) is 1. The summed E-state index contributed by atoms with van der Waals surface area (Å²) in [6.07, 6.45) is 4.28. The number of carbonyl (C=O) groups excluding carboxylic acids is 2. The summed E-state index contributed by atoms with van der Waals surface area (Å²) < 4.78 is 0.561. The molecule has 2 aromatic rings. The number of thiocarbonyl (C=S) groups is 1. The van der Waals surface area contributed by atoms with Crippen molar-refractivity contribution in [1.82, 2.24) is 4.90 Å². The van der Waals surface area contributed by atoms with Crippen molar-refractivity contribution < 1.29 is 19.5 Å². The number of carboxylic acids is 1. The lowest BCUT2D eigenvalue weighted by molar-refractivity contribution is -0.122. The van der Waals surface area contributed by atoms with Crippen molar-refractivity contribution in [2.45, 2.75) is 25.7 Å². The van der Waals surface area contributed by atoms with Crippen LogP contribution in [0.1, 0.15) is 40.9 Å². The zero-order valence-electron chi connectivity index (χ0n) is 16.0. The van der Waals surface area contributed by atoms with E-state index in [-0.39, 0.29) is 23.8 Å². The largest absolute Gasteiger partial charge is 0.478 e. The Bertz CT molecular complexity index is 986. The van der Waals surface area contributed by atoms with Gasteiger partial charge in [-0.05, 0) is 42.5 Å². The number of hydrogen-bond acceptors (Lipinski definition) is 6. The molecule has 0 saturated carbocycles. The van der Waals surface area contributed by atoms with Gasteiger partial charge in [0.05, 0.1) is 16.2 Å². The molecule has 30 heavy (non-hydrogen) atoms. The molecule has 1 aliphatic heterocycles. The highest BCUT2D eigenvalue weighted by Crippen LogP contribution is 2.33. The number of thiophene rings is 1. The minimum absolute atomic E-state index is 0.0656. The molecule has 0 radical (unpaired) electrons. The van der Waals surface area contributed by atoms with Gasteiger partial charge >= 0.3 is 5.97 Å². The van der Waals surface area contributed by atoms with Crippen LogP contribution in [0.4, 0.5) is 5.69 Å². The topological polar surface area (TPSA) is 86.7 Å². The zero-order chi connectivity index (χ0) is 21.5. The molecular weight excluding hydrogens is 440 g/mol. The van der Waals surface area contributed by atoms with Gasteiger partial charge in [0.2, 0.25) is 5.91 Å². The number of rotatable bonds is 9.